The molecule has 0 aliphatic carbocycles. The second kappa shape index (κ2) is 5.70. The largest absolute Gasteiger partial charge is 0.359 e. The highest BCUT2D eigenvalue weighted by atomic mass is 15.2. The molecule has 18 heavy (non-hydrogen) atoms. The molecule has 0 amide bonds. The van der Waals surface area contributed by atoms with Crippen LogP contribution in [0.1, 0.15) is 51.8 Å². The molecule has 0 saturated carbocycles. The molecule has 1 heterocycles. The summed E-state index contributed by atoms with van der Waals surface area (Å²) in [6.45, 7) is 12.6. The van der Waals surface area contributed by atoms with Gasteiger partial charge in [0.25, 0.3) is 0 Å². The van der Waals surface area contributed by atoms with Crippen molar-refractivity contribution in [3.05, 3.63) is 23.4 Å². The minimum absolute atomic E-state index is 0.257. The van der Waals surface area contributed by atoms with Crippen molar-refractivity contribution in [3.63, 3.8) is 0 Å². The summed E-state index contributed by atoms with van der Waals surface area (Å²) in [6, 6.07) is 4.21. The third-order valence-corrected chi connectivity index (χ3v) is 2.82. The van der Waals surface area contributed by atoms with E-state index in [1.165, 1.54) is 0 Å². The monoisotopic (exact) mass is 249 g/mol. The molecule has 0 fully saturated rings. The summed E-state index contributed by atoms with van der Waals surface area (Å²) in [5, 5.41) is 0. The van der Waals surface area contributed by atoms with Crippen molar-refractivity contribution in [2.45, 2.75) is 47.1 Å². The van der Waals surface area contributed by atoms with E-state index in [1.807, 2.05) is 0 Å². The molecule has 0 spiro atoms. The van der Waals surface area contributed by atoms with Gasteiger partial charge in [-0.15, -0.1) is 0 Å². The van der Waals surface area contributed by atoms with E-state index < -0.39 is 0 Å². The lowest BCUT2D eigenvalue weighted by molar-refractivity contribution is 0.417. The van der Waals surface area contributed by atoms with Crippen molar-refractivity contribution in [1.29, 1.82) is 0 Å². The highest BCUT2D eigenvalue weighted by Gasteiger charge is 2.16. The van der Waals surface area contributed by atoms with Crippen molar-refractivity contribution >= 4 is 5.82 Å². The fourth-order valence-corrected chi connectivity index (χ4v) is 2.00. The van der Waals surface area contributed by atoms with E-state index in [0.29, 0.717) is 12.5 Å². The van der Waals surface area contributed by atoms with Crippen LogP contribution in [-0.4, -0.2) is 18.6 Å². The molecular weight excluding hydrogens is 222 g/mol. The Morgan fingerprint density at radius 1 is 1.28 bits per heavy atom. The number of hydrogen-bond acceptors (Lipinski definition) is 3. The van der Waals surface area contributed by atoms with Gasteiger partial charge in [0.2, 0.25) is 0 Å². The summed E-state index contributed by atoms with van der Waals surface area (Å²) in [7, 11) is 2.10. The van der Waals surface area contributed by atoms with Gasteiger partial charge in [0.05, 0.1) is 0 Å². The van der Waals surface area contributed by atoms with Gasteiger partial charge < -0.3 is 10.6 Å². The van der Waals surface area contributed by atoms with E-state index in [4.69, 9.17) is 10.7 Å². The van der Waals surface area contributed by atoms with Crippen LogP contribution in [-0.2, 0) is 6.54 Å². The topological polar surface area (TPSA) is 42.1 Å². The lowest BCUT2D eigenvalue weighted by Gasteiger charge is -2.28. The number of rotatable bonds is 4. The Bertz CT molecular complexity index is 391. The fourth-order valence-electron chi connectivity index (χ4n) is 2.00. The van der Waals surface area contributed by atoms with Crippen LogP contribution >= 0.6 is 0 Å². The molecule has 2 N–H and O–H groups in total. The molecule has 0 atom stereocenters. The van der Waals surface area contributed by atoms with Gasteiger partial charge >= 0.3 is 0 Å². The summed E-state index contributed by atoms with van der Waals surface area (Å²) in [4.78, 5) is 6.95. The first kappa shape index (κ1) is 15.0. The number of nitrogens with zero attached hydrogens (tertiary/aromatic N) is 2. The maximum atomic E-state index is 5.77. The van der Waals surface area contributed by atoms with Crippen LogP contribution in [0.25, 0.3) is 0 Å². The minimum Gasteiger partial charge on any atom is -0.359 e. The lowest BCUT2D eigenvalue weighted by atomic mass is 9.96. The zero-order valence-corrected chi connectivity index (χ0v) is 12.6. The Morgan fingerprint density at radius 3 is 2.33 bits per heavy atom. The summed E-state index contributed by atoms with van der Waals surface area (Å²) >= 11 is 0. The molecule has 0 aliphatic rings. The highest BCUT2D eigenvalue weighted by Crippen LogP contribution is 2.22. The zero-order valence-electron chi connectivity index (χ0n) is 12.6. The molecule has 1 rings (SSSR count). The average molecular weight is 249 g/mol. The average Bonchev–Trinajstić information content (AvgIpc) is 2.26. The number of nitrogens with two attached hydrogens (primary N) is 1. The van der Waals surface area contributed by atoms with Crippen LogP contribution in [0.4, 0.5) is 5.82 Å². The van der Waals surface area contributed by atoms with Crippen LogP contribution < -0.4 is 10.6 Å². The van der Waals surface area contributed by atoms with E-state index >= 15 is 0 Å². The summed E-state index contributed by atoms with van der Waals surface area (Å²) in [5.74, 6) is 1.45. The Hall–Kier alpha value is -1.09. The van der Waals surface area contributed by atoms with Gasteiger partial charge in [0, 0.05) is 25.8 Å². The predicted molar refractivity (Wildman–Crippen MR) is 78.9 cm³/mol. The molecule has 3 nitrogen and oxygen atoms in total. The van der Waals surface area contributed by atoms with Crippen molar-refractivity contribution in [3.8, 4) is 0 Å². The maximum absolute atomic E-state index is 5.77. The van der Waals surface area contributed by atoms with E-state index in [1.54, 1.807) is 0 Å². The molecule has 0 saturated heterocycles. The van der Waals surface area contributed by atoms with Gasteiger partial charge in [-0.25, -0.2) is 4.98 Å². The van der Waals surface area contributed by atoms with Gasteiger partial charge in [0.15, 0.2) is 0 Å². The third-order valence-electron chi connectivity index (χ3n) is 2.82. The third kappa shape index (κ3) is 4.30. The standard InChI is InChI=1S/C15H27N3/c1-11(2)13-7-12(9-16)8-14(17-13)18(6)10-15(3,4)5/h7-8,11H,9-10,16H2,1-6H3. The van der Waals surface area contributed by atoms with E-state index in [-0.39, 0.29) is 5.41 Å². The number of hydrogen-bond donors (Lipinski definition) is 1. The van der Waals surface area contributed by atoms with Gasteiger partial charge in [-0.1, -0.05) is 34.6 Å². The Morgan fingerprint density at radius 2 is 1.89 bits per heavy atom. The van der Waals surface area contributed by atoms with E-state index in [2.05, 4.69) is 58.7 Å². The van der Waals surface area contributed by atoms with Crippen molar-refractivity contribution < 1.29 is 0 Å². The number of pyridine rings is 1. The van der Waals surface area contributed by atoms with Crippen molar-refractivity contribution in [2.24, 2.45) is 11.1 Å². The SMILES string of the molecule is CC(C)c1cc(CN)cc(N(C)CC(C)(C)C)n1. The Labute approximate surface area is 111 Å². The Kier molecular flexibility index (Phi) is 4.74. The van der Waals surface area contributed by atoms with Gasteiger partial charge in [-0.2, -0.15) is 0 Å². The zero-order chi connectivity index (χ0) is 13.9. The smallest absolute Gasteiger partial charge is 0.128 e. The molecule has 0 aliphatic heterocycles. The van der Waals surface area contributed by atoms with E-state index in [9.17, 15) is 0 Å². The first-order chi connectivity index (χ1) is 8.23. The second-order valence-corrected chi connectivity index (χ2v) is 6.53. The highest BCUT2D eigenvalue weighted by molar-refractivity contribution is 5.42. The first-order valence-corrected chi connectivity index (χ1v) is 6.65. The minimum atomic E-state index is 0.257. The second-order valence-electron chi connectivity index (χ2n) is 6.53. The van der Waals surface area contributed by atoms with Crippen LogP contribution in [0.15, 0.2) is 12.1 Å². The van der Waals surface area contributed by atoms with Crippen LogP contribution in [0.2, 0.25) is 0 Å². The van der Waals surface area contributed by atoms with Crippen LogP contribution in [0, 0.1) is 5.41 Å². The molecule has 0 unspecified atom stereocenters. The summed E-state index contributed by atoms with van der Waals surface area (Å²) in [6.07, 6.45) is 0. The van der Waals surface area contributed by atoms with Gasteiger partial charge in [0.1, 0.15) is 5.82 Å². The van der Waals surface area contributed by atoms with Crippen LogP contribution in [0.3, 0.4) is 0 Å². The van der Waals surface area contributed by atoms with Crippen LogP contribution in [0.5, 0.6) is 0 Å². The van der Waals surface area contributed by atoms with Crippen molar-refractivity contribution in [1.82, 2.24) is 4.98 Å². The maximum Gasteiger partial charge on any atom is 0.128 e. The van der Waals surface area contributed by atoms with E-state index in [0.717, 1.165) is 23.6 Å². The summed E-state index contributed by atoms with van der Waals surface area (Å²) < 4.78 is 0. The molecule has 0 aromatic carbocycles. The normalized spacial score (nSPS) is 12.0. The van der Waals surface area contributed by atoms with Gasteiger partial charge in [-0.05, 0) is 29.0 Å². The molecular formula is C15H27N3. The molecule has 1 aromatic heterocycles. The number of anilines is 1. The molecule has 0 bridgehead atoms. The Balaban J connectivity index is 3.04. The predicted octanol–water partition coefficient (Wildman–Crippen LogP) is 3.15. The molecule has 0 radical (unpaired) electrons. The molecule has 3 heteroatoms. The number of aromatic nitrogens is 1. The van der Waals surface area contributed by atoms with Crippen molar-refractivity contribution in [2.75, 3.05) is 18.5 Å². The molecule has 1 aromatic rings. The molecule has 102 valence electrons. The first-order valence-electron chi connectivity index (χ1n) is 6.65. The summed E-state index contributed by atoms with van der Waals surface area (Å²) in [5.41, 5.74) is 8.30. The van der Waals surface area contributed by atoms with Gasteiger partial charge in [-0.3, -0.25) is 0 Å². The quantitative estimate of drug-likeness (QED) is 0.891. The lowest BCUT2D eigenvalue weighted by Crippen LogP contribution is -2.30. The fraction of sp³-hybridized carbons (Fsp3) is 0.667.